The second-order valence-electron chi connectivity index (χ2n) is 4.35. The summed E-state index contributed by atoms with van der Waals surface area (Å²) in [5, 5.41) is 3.57. The van der Waals surface area contributed by atoms with Gasteiger partial charge in [0.25, 0.3) is 0 Å². The van der Waals surface area contributed by atoms with Crippen molar-refractivity contribution in [2.24, 2.45) is 0 Å². The van der Waals surface area contributed by atoms with Gasteiger partial charge in [0, 0.05) is 32.3 Å². The van der Waals surface area contributed by atoms with E-state index in [0.29, 0.717) is 29.4 Å². The maximum Gasteiger partial charge on any atom is 0.224 e. The lowest BCUT2D eigenvalue weighted by Crippen LogP contribution is -2.29. The van der Waals surface area contributed by atoms with Crippen molar-refractivity contribution in [3.05, 3.63) is 17.4 Å². The number of amides is 1. The number of likely N-dealkylation sites (tertiary alicyclic amines) is 1. The zero-order valence-corrected chi connectivity index (χ0v) is 10.9. The van der Waals surface area contributed by atoms with Crippen molar-refractivity contribution in [3.8, 4) is 0 Å². The Morgan fingerprint density at radius 2 is 2.17 bits per heavy atom. The van der Waals surface area contributed by atoms with E-state index >= 15 is 0 Å². The lowest BCUT2D eigenvalue weighted by atomic mass is 10.3. The van der Waals surface area contributed by atoms with Gasteiger partial charge in [0.15, 0.2) is 0 Å². The van der Waals surface area contributed by atoms with Gasteiger partial charge in [-0.2, -0.15) is 0 Å². The van der Waals surface area contributed by atoms with Crippen molar-refractivity contribution >= 4 is 28.9 Å². The second kappa shape index (κ2) is 5.91. The first-order chi connectivity index (χ1) is 8.68. The van der Waals surface area contributed by atoms with Crippen molar-refractivity contribution in [2.75, 3.05) is 30.7 Å². The molecule has 0 unspecified atom stereocenters. The molecule has 0 aliphatic carbocycles. The first kappa shape index (κ1) is 13.0. The Labute approximate surface area is 111 Å². The highest BCUT2D eigenvalue weighted by atomic mass is 35.5. The highest BCUT2D eigenvalue weighted by molar-refractivity contribution is 6.33. The van der Waals surface area contributed by atoms with Gasteiger partial charge < -0.3 is 16.0 Å². The number of hydrogen-bond donors (Lipinski definition) is 2. The number of anilines is 2. The summed E-state index contributed by atoms with van der Waals surface area (Å²) >= 11 is 5.97. The van der Waals surface area contributed by atoms with E-state index in [4.69, 9.17) is 17.3 Å². The normalized spacial score (nSPS) is 14.8. The molecule has 1 amide bonds. The summed E-state index contributed by atoms with van der Waals surface area (Å²) in [6.07, 6.45) is 5.75. The van der Waals surface area contributed by atoms with Gasteiger partial charge in [-0.3, -0.25) is 9.78 Å². The molecule has 5 nitrogen and oxygen atoms in total. The quantitative estimate of drug-likeness (QED) is 0.873. The maximum atomic E-state index is 11.8. The third-order valence-electron chi connectivity index (χ3n) is 3.03. The SMILES string of the molecule is Nc1cncc(Cl)c1NCCC(=O)N1CCCC1. The number of hydrogen-bond acceptors (Lipinski definition) is 4. The smallest absolute Gasteiger partial charge is 0.224 e. The maximum absolute atomic E-state index is 11.8. The molecule has 6 heteroatoms. The van der Waals surface area contributed by atoms with E-state index in [2.05, 4.69) is 10.3 Å². The first-order valence-corrected chi connectivity index (χ1v) is 6.47. The minimum Gasteiger partial charge on any atom is -0.396 e. The first-order valence-electron chi connectivity index (χ1n) is 6.09. The fourth-order valence-corrected chi connectivity index (χ4v) is 2.29. The Kier molecular flexibility index (Phi) is 4.25. The van der Waals surface area contributed by atoms with Crippen LogP contribution in [0.3, 0.4) is 0 Å². The predicted molar refractivity (Wildman–Crippen MR) is 72.6 cm³/mol. The molecule has 18 heavy (non-hydrogen) atoms. The van der Waals surface area contributed by atoms with Gasteiger partial charge >= 0.3 is 0 Å². The zero-order chi connectivity index (χ0) is 13.0. The second-order valence-corrected chi connectivity index (χ2v) is 4.76. The van der Waals surface area contributed by atoms with E-state index in [9.17, 15) is 4.79 Å². The van der Waals surface area contributed by atoms with Gasteiger partial charge in [0.05, 0.1) is 22.6 Å². The molecular weight excluding hydrogens is 252 g/mol. The van der Waals surface area contributed by atoms with E-state index in [-0.39, 0.29) is 5.91 Å². The number of nitrogens with two attached hydrogens (primary N) is 1. The summed E-state index contributed by atoms with van der Waals surface area (Å²) in [6, 6.07) is 0. The van der Waals surface area contributed by atoms with Crippen molar-refractivity contribution in [1.82, 2.24) is 9.88 Å². The molecule has 2 rings (SSSR count). The van der Waals surface area contributed by atoms with Crippen LogP contribution in [0.2, 0.25) is 5.02 Å². The van der Waals surface area contributed by atoms with Gasteiger partial charge in [0.2, 0.25) is 5.91 Å². The zero-order valence-electron chi connectivity index (χ0n) is 10.2. The summed E-state index contributed by atoms with van der Waals surface area (Å²) in [4.78, 5) is 17.6. The molecular formula is C12H17ClN4O. The van der Waals surface area contributed by atoms with E-state index in [0.717, 1.165) is 25.9 Å². The Bertz CT molecular complexity index is 412. The summed E-state index contributed by atoms with van der Waals surface area (Å²) < 4.78 is 0. The van der Waals surface area contributed by atoms with Gasteiger partial charge in [-0.15, -0.1) is 0 Å². The topological polar surface area (TPSA) is 71.2 Å². The van der Waals surface area contributed by atoms with Crippen LogP contribution in [0.5, 0.6) is 0 Å². The summed E-state index contributed by atoms with van der Waals surface area (Å²) in [7, 11) is 0. The molecule has 98 valence electrons. The van der Waals surface area contributed by atoms with Crippen LogP contribution in [0.15, 0.2) is 12.4 Å². The molecule has 3 N–H and O–H groups in total. The molecule has 1 aliphatic heterocycles. The molecule has 1 fully saturated rings. The average molecular weight is 269 g/mol. The Balaban J connectivity index is 1.83. The molecule has 2 heterocycles. The van der Waals surface area contributed by atoms with Crippen LogP contribution < -0.4 is 11.1 Å². The van der Waals surface area contributed by atoms with E-state index in [1.165, 1.54) is 12.4 Å². The molecule has 0 radical (unpaired) electrons. The van der Waals surface area contributed by atoms with Crippen LogP contribution >= 0.6 is 11.6 Å². The number of rotatable bonds is 4. The third-order valence-corrected chi connectivity index (χ3v) is 3.31. The Hall–Kier alpha value is -1.49. The van der Waals surface area contributed by atoms with Crippen LogP contribution in [0, 0.1) is 0 Å². The van der Waals surface area contributed by atoms with Crippen molar-refractivity contribution in [2.45, 2.75) is 19.3 Å². The number of carbonyl (C=O) groups is 1. The van der Waals surface area contributed by atoms with Crippen LogP contribution in [-0.4, -0.2) is 35.4 Å². The molecule has 1 saturated heterocycles. The van der Waals surface area contributed by atoms with E-state index in [1.807, 2.05) is 4.90 Å². The monoisotopic (exact) mass is 268 g/mol. The lowest BCUT2D eigenvalue weighted by Gasteiger charge is -2.16. The Morgan fingerprint density at radius 1 is 1.44 bits per heavy atom. The molecule has 0 saturated carbocycles. The third kappa shape index (κ3) is 3.04. The van der Waals surface area contributed by atoms with Crippen LogP contribution in [0.4, 0.5) is 11.4 Å². The standard InChI is InChI=1S/C12H17ClN4O/c13-9-7-15-8-10(14)12(9)16-4-3-11(18)17-5-1-2-6-17/h7-8H,1-6,14H2,(H,15,16). The van der Waals surface area contributed by atoms with Crippen LogP contribution in [0.25, 0.3) is 0 Å². The minimum absolute atomic E-state index is 0.184. The van der Waals surface area contributed by atoms with Crippen molar-refractivity contribution in [3.63, 3.8) is 0 Å². The van der Waals surface area contributed by atoms with Crippen LogP contribution in [-0.2, 0) is 4.79 Å². The number of carbonyl (C=O) groups excluding carboxylic acids is 1. The van der Waals surface area contributed by atoms with Gasteiger partial charge in [0.1, 0.15) is 0 Å². The number of aromatic nitrogens is 1. The molecule has 0 bridgehead atoms. The molecule has 1 aromatic rings. The number of nitrogens with one attached hydrogen (secondary N) is 1. The van der Waals surface area contributed by atoms with Crippen LogP contribution in [0.1, 0.15) is 19.3 Å². The van der Waals surface area contributed by atoms with E-state index < -0.39 is 0 Å². The van der Waals surface area contributed by atoms with Crippen molar-refractivity contribution in [1.29, 1.82) is 0 Å². The number of nitrogens with zero attached hydrogens (tertiary/aromatic N) is 2. The molecule has 1 aliphatic rings. The van der Waals surface area contributed by atoms with Gasteiger partial charge in [-0.1, -0.05) is 11.6 Å². The lowest BCUT2D eigenvalue weighted by molar-refractivity contribution is -0.129. The molecule has 1 aromatic heterocycles. The van der Waals surface area contributed by atoms with E-state index in [1.54, 1.807) is 0 Å². The molecule has 0 aromatic carbocycles. The number of pyridine rings is 1. The predicted octanol–water partition coefficient (Wildman–Crippen LogP) is 1.74. The highest BCUT2D eigenvalue weighted by Crippen LogP contribution is 2.26. The number of halogens is 1. The van der Waals surface area contributed by atoms with Crippen molar-refractivity contribution < 1.29 is 4.79 Å². The average Bonchev–Trinajstić information content (AvgIpc) is 2.86. The van der Waals surface area contributed by atoms with Gasteiger partial charge in [-0.25, -0.2) is 0 Å². The summed E-state index contributed by atoms with van der Waals surface area (Å²) in [5.74, 6) is 0.184. The Morgan fingerprint density at radius 3 is 2.83 bits per heavy atom. The highest BCUT2D eigenvalue weighted by Gasteiger charge is 2.17. The fraction of sp³-hybridized carbons (Fsp3) is 0.500. The largest absolute Gasteiger partial charge is 0.396 e. The fourth-order valence-electron chi connectivity index (χ4n) is 2.06. The summed E-state index contributed by atoms with van der Waals surface area (Å²) in [5.41, 5.74) is 6.91. The summed E-state index contributed by atoms with van der Waals surface area (Å²) in [6.45, 7) is 2.30. The number of nitrogen functional groups attached to an aromatic ring is 1. The molecule has 0 atom stereocenters. The minimum atomic E-state index is 0.184. The van der Waals surface area contributed by atoms with Gasteiger partial charge in [-0.05, 0) is 12.8 Å². The molecule has 0 spiro atoms.